The van der Waals surface area contributed by atoms with Crippen molar-refractivity contribution in [3.05, 3.63) is 29.8 Å². The molecule has 1 aromatic rings. The molecule has 18 heteroatoms. The molecular formula is C43H72ClN4O12S+. The third kappa shape index (κ3) is 20.5. The number of rotatable bonds is 12. The quantitative estimate of drug-likeness (QED) is 0.0668. The van der Waals surface area contributed by atoms with E-state index in [-0.39, 0.29) is 84.0 Å². The molecule has 0 heterocycles. The number of hydrogen-bond acceptors (Lipinski definition) is 15. The van der Waals surface area contributed by atoms with Gasteiger partial charge in [-0.25, -0.2) is 0 Å². The molecule has 5 rings (SSSR count). The van der Waals surface area contributed by atoms with E-state index in [1.807, 2.05) is 6.92 Å². The van der Waals surface area contributed by atoms with Gasteiger partial charge in [0.2, 0.25) is 4.91 Å². The summed E-state index contributed by atoms with van der Waals surface area (Å²) in [5.41, 5.74) is 13.1. The van der Waals surface area contributed by atoms with Gasteiger partial charge in [0.1, 0.15) is 17.2 Å². The van der Waals surface area contributed by atoms with Gasteiger partial charge in [0.05, 0.1) is 63.6 Å². The Labute approximate surface area is 368 Å². The number of aliphatic hydroxyl groups is 1. The second-order valence-electron chi connectivity index (χ2n) is 16.4. The van der Waals surface area contributed by atoms with E-state index >= 15 is 0 Å². The fourth-order valence-electron chi connectivity index (χ4n) is 8.14. The molecule has 0 amide bonds. The first-order valence-electron chi connectivity index (χ1n) is 21.4. The molecule has 0 bridgehead atoms. The van der Waals surface area contributed by atoms with Crippen molar-refractivity contribution in [2.24, 2.45) is 58.2 Å². The van der Waals surface area contributed by atoms with Crippen LogP contribution in [0.5, 0.6) is 0 Å². The van der Waals surface area contributed by atoms with Crippen molar-refractivity contribution >= 4 is 46.4 Å². The van der Waals surface area contributed by atoms with E-state index in [1.165, 1.54) is 28.4 Å². The van der Waals surface area contributed by atoms with E-state index in [1.54, 1.807) is 24.3 Å². The Kier molecular flexibility index (Phi) is 27.8. The topological polar surface area (TPSA) is 245 Å². The predicted molar refractivity (Wildman–Crippen MR) is 230 cm³/mol. The number of aliphatic hydroxyl groups excluding tert-OH is 1. The maximum Gasteiger partial charge on any atom is 0.308 e. The van der Waals surface area contributed by atoms with Crippen molar-refractivity contribution < 1.29 is 55.8 Å². The summed E-state index contributed by atoms with van der Waals surface area (Å²) < 4.78 is 48.2. The number of nitrogens with two attached hydrogens (primary N) is 1. The smallest absolute Gasteiger partial charge is 0.308 e. The number of nitrogens with one attached hydrogen (secondary N) is 1. The summed E-state index contributed by atoms with van der Waals surface area (Å²) in [5, 5.41) is 12.5. The molecule has 0 aliphatic heterocycles. The molecule has 4 saturated carbocycles. The second kappa shape index (κ2) is 30.6. The Morgan fingerprint density at radius 1 is 0.639 bits per heavy atom. The summed E-state index contributed by atoms with van der Waals surface area (Å²) in [6, 6.07) is 6.60. The van der Waals surface area contributed by atoms with Gasteiger partial charge in [0, 0.05) is 6.61 Å². The minimum atomic E-state index is -3.70. The Hall–Kier alpha value is -3.47. The van der Waals surface area contributed by atoms with Crippen LogP contribution in [0.2, 0.25) is 0 Å². The molecular weight excluding hydrogens is 832 g/mol. The lowest BCUT2D eigenvalue weighted by Crippen LogP contribution is -2.26. The second-order valence-corrected chi connectivity index (χ2v) is 18.0. The Morgan fingerprint density at radius 2 is 0.984 bits per heavy atom. The molecule has 0 unspecified atom stereocenters. The van der Waals surface area contributed by atoms with Crippen LogP contribution >= 0.6 is 12.4 Å². The van der Waals surface area contributed by atoms with Gasteiger partial charge >= 0.3 is 23.9 Å². The van der Waals surface area contributed by atoms with E-state index in [9.17, 15) is 27.6 Å². The fourth-order valence-corrected chi connectivity index (χ4v) is 9.12. The van der Waals surface area contributed by atoms with Crippen LogP contribution in [0, 0.1) is 59.8 Å². The maximum absolute atomic E-state index is 12.1. The van der Waals surface area contributed by atoms with Crippen LogP contribution in [0.15, 0.2) is 34.3 Å². The third-order valence-corrected chi connectivity index (χ3v) is 13.6. The molecule has 0 saturated heterocycles. The standard InChI is InChI=1S/C16H22O5S.C9H16N3O2.C9H17NO2.C9H16O3.ClH/c1-12-3-9-15(10-4-12)22(18,19)21-11-13-5-7-14(8-6-13)16(17)20-2;1-14-9(13)8-4-2-7(3-5-8)6-11-12-10;2*1-12-9(11)8-4-2-7(6-10)3-5-8;/h3-4,9-10,13-14H,5-8,11H2,1-2H3;7-8,10H,2-6H2,1H3;7-8H,2-6,10H2,1H3;7-8,10H,2-6H2,1H3;1H/q;+1;;;. The van der Waals surface area contributed by atoms with E-state index in [0.717, 1.165) is 115 Å². The van der Waals surface area contributed by atoms with Crippen LogP contribution < -0.4 is 10.6 Å². The van der Waals surface area contributed by atoms with Gasteiger partial charge in [-0.15, -0.1) is 12.4 Å². The van der Waals surface area contributed by atoms with Crippen molar-refractivity contribution in [3.8, 4) is 0 Å². The number of ether oxygens (including phenoxy) is 4. The highest BCUT2D eigenvalue weighted by Crippen LogP contribution is 2.32. The highest BCUT2D eigenvalue weighted by atomic mass is 35.5. The van der Waals surface area contributed by atoms with Gasteiger partial charge in [-0.2, -0.15) is 8.42 Å². The molecule has 0 radical (unpaired) electrons. The number of nitrogens with zero attached hydrogens (tertiary/aromatic N) is 2. The molecule has 4 N–H and O–H groups in total. The summed E-state index contributed by atoms with van der Waals surface area (Å²) in [6.07, 6.45) is 14.5. The molecule has 0 spiro atoms. The third-order valence-electron chi connectivity index (χ3n) is 12.3. The number of carbonyl (C=O) groups is 4. The first-order chi connectivity index (χ1) is 28.7. The van der Waals surface area contributed by atoms with Crippen molar-refractivity contribution in [3.63, 3.8) is 0 Å². The minimum absolute atomic E-state index is 0. The predicted octanol–water partition coefficient (Wildman–Crippen LogP) is 6.50. The zero-order valence-corrected chi connectivity index (χ0v) is 38.4. The Balaban J connectivity index is 0.000000420. The van der Waals surface area contributed by atoms with E-state index in [0.29, 0.717) is 24.3 Å². The highest BCUT2D eigenvalue weighted by molar-refractivity contribution is 7.86. The summed E-state index contributed by atoms with van der Waals surface area (Å²) in [6.45, 7) is 3.71. The number of methoxy groups -OCH3 is 4. The number of hydrogen-bond donors (Lipinski definition) is 3. The van der Waals surface area contributed by atoms with Crippen LogP contribution in [0.25, 0.3) is 0 Å². The van der Waals surface area contributed by atoms with Crippen molar-refractivity contribution in [1.29, 1.82) is 5.53 Å². The molecule has 16 nitrogen and oxygen atoms in total. The molecule has 4 aliphatic rings. The summed E-state index contributed by atoms with van der Waals surface area (Å²) in [4.78, 5) is 48.0. The summed E-state index contributed by atoms with van der Waals surface area (Å²) in [5.74, 6) is 1.52. The van der Waals surface area contributed by atoms with Gasteiger partial charge in [-0.1, -0.05) is 17.7 Å². The zero-order valence-electron chi connectivity index (χ0n) is 36.8. The van der Waals surface area contributed by atoms with Gasteiger partial charge < -0.3 is 29.8 Å². The van der Waals surface area contributed by atoms with Crippen molar-refractivity contribution in [1.82, 2.24) is 4.91 Å². The van der Waals surface area contributed by atoms with E-state index in [4.69, 9.17) is 30.0 Å². The number of carbonyl (C=O) groups excluding carboxylic acids is 4. The zero-order chi connectivity index (χ0) is 44.5. The lowest BCUT2D eigenvalue weighted by molar-refractivity contribution is -0.147. The van der Waals surface area contributed by atoms with Crippen LogP contribution in [-0.2, 0) is 52.4 Å². The molecule has 4 fully saturated rings. The molecule has 1 aromatic carbocycles. The molecule has 61 heavy (non-hydrogen) atoms. The van der Waals surface area contributed by atoms with Crippen molar-refractivity contribution in [2.45, 2.75) is 115 Å². The normalized spacial score (nSPS) is 25.8. The van der Waals surface area contributed by atoms with Crippen LogP contribution in [0.3, 0.4) is 0 Å². The van der Waals surface area contributed by atoms with Crippen LogP contribution in [0.4, 0.5) is 0 Å². The number of halogens is 1. The minimum Gasteiger partial charge on any atom is -0.469 e. The first kappa shape index (κ1) is 55.5. The van der Waals surface area contributed by atoms with Crippen LogP contribution in [-0.4, -0.2) is 92.1 Å². The van der Waals surface area contributed by atoms with E-state index in [2.05, 4.69) is 19.5 Å². The molecule has 0 aromatic heterocycles. The summed E-state index contributed by atoms with van der Waals surface area (Å²) >= 11 is 0. The number of aryl methyl sites for hydroxylation is 1. The average molecular weight is 905 g/mol. The average Bonchev–Trinajstić information content (AvgIpc) is 3.30. The van der Waals surface area contributed by atoms with Gasteiger partial charge in [-0.05, 0) is 152 Å². The highest BCUT2D eigenvalue weighted by Gasteiger charge is 2.30. The van der Waals surface area contributed by atoms with Crippen molar-refractivity contribution in [2.75, 3.05) is 54.7 Å². The Bertz CT molecular complexity index is 1540. The monoisotopic (exact) mass is 903 g/mol. The van der Waals surface area contributed by atoms with E-state index < -0.39 is 10.1 Å². The Morgan fingerprint density at radius 3 is 1.31 bits per heavy atom. The SMILES string of the molecule is COC(=O)C1CCC(CN)CC1.COC(=O)C1CCC(CN=[N+]=N)CC1.COC(=O)C1CCC(CO)CC1.COC(=O)C1CCC(COS(=O)(=O)c2ccc(C)cc2)CC1.Cl. The maximum atomic E-state index is 12.1. The lowest BCUT2D eigenvalue weighted by Gasteiger charge is -2.26. The van der Waals surface area contributed by atoms with Gasteiger partial charge in [0.15, 0.2) is 0 Å². The first-order valence-corrected chi connectivity index (χ1v) is 22.8. The van der Waals surface area contributed by atoms with Crippen LogP contribution in [0.1, 0.15) is 108 Å². The largest absolute Gasteiger partial charge is 0.469 e. The fraction of sp³-hybridized carbons (Fsp3) is 0.767. The summed E-state index contributed by atoms with van der Waals surface area (Å²) in [7, 11) is 2.01. The van der Waals surface area contributed by atoms with Gasteiger partial charge in [0.25, 0.3) is 10.1 Å². The molecule has 0 atom stereocenters. The van der Waals surface area contributed by atoms with Gasteiger partial charge in [-0.3, -0.25) is 23.4 Å². The number of benzene rings is 1. The molecule has 4 aliphatic carbocycles. The number of esters is 4. The molecule has 348 valence electrons. The lowest BCUT2D eigenvalue weighted by atomic mass is 9.82.